The van der Waals surface area contributed by atoms with Crippen LogP contribution in [0.25, 0.3) is 0 Å². The Bertz CT molecular complexity index is 503. The van der Waals surface area contributed by atoms with Crippen LogP contribution in [0.4, 0.5) is 5.69 Å². The average Bonchev–Trinajstić information content (AvgIpc) is 2.37. The topological polar surface area (TPSA) is 41.1 Å². The first-order valence-corrected chi connectivity index (χ1v) is 8.75. The standard InChI is InChI=1S/C17H26N2OS.ClH/c1-11(2)21-10-14-6-5-7-16(12(14)3)19-17(20)13(4)15-8-18-9-15;/h5-7,11,13,15,18H,8-10H2,1-4H3,(H,19,20);1H. The number of carbonyl (C=O) groups is 1. The quantitative estimate of drug-likeness (QED) is 0.825. The molecule has 124 valence electrons. The molecule has 3 nitrogen and oxygen atoms in total. The van der Waals surface area contributed by atoms with Crippen LogP contribution in [0.3, 0.4) is 0 Å². The van der Waals surface area contributed by atoms with Crippen molar-refractivity contribution in [3.05, 3.63) is 29.3 Å². The lowest BCUT2D eigenvalue weighted by atomic mass is 9.88. The molecule has 1 fully saturated rings. The van der Waals surface area contributed by atoms with Crippen LogP contribution in [0.1, 0.15) is 31.9 Å². The summed E-state index contributed by atoms with van der Waals surface area (Å²) in [7, 11) is 0. The molecule has 5 heteroatoms. The van der Waals surface area contributed by atoms with Gasteiger partial charge in [-0.15, -0.1) is 12.4 Å². The molecule has 0 aromatic heterocycles. The summed E-state index contributed by atoms with van der Waals surface area (Å²) in [6, 6.07) is 6.19. The number of halogens is 1. The molecule has 1 aliphatic heterocycles. The number of hydrogen-bond donors (Lipinski definition) is 2. The number of carbonyl (C=O) groups excluding carboxylic acids is 1. The van der Waals surface area contributed by atoms with Crippen molar-refractivity contribution in [1.82, 2.24) is 5.32 Å². The minimum absolute atomic E-state index is 0. The normalized spacial score (nSPS) is 15.9. The molecule has 1 unspecified atom stereocenters. The summed E-state index contributed by atoms with van der Waals surface area (Å²) in [4.78, 5) is 12.3. The van der Waals surface area contributed by atoms with Crippen LogP contribution in [0.5, 0.6) is 0 Å². The third kappa shape index (κ3) is 4.90. The van der Waals surface area contributed by atoms with Crippen LogP contribution in [0, 0.1) is 18.8 Å². The van der Waals surface area contributed by atoms with Crippen molar-refractivity contribution in [3.63, 3.8) is 0 Å². The second kappa shape index (κ2) is 8.80. The van der Waals surface area contributed by atoms with Crippen LogP contribution < -0.4 is 10.6 Å². The number of benzene rings is 1. The Labute approximate surface area is 144 Å². The molecule has 0 saturated carbocycles. The second-order valence-electron chi connectivity index (χ2n) is 6.15. The maximum absolute atomic E-state index is 12.3. The van der Waals surface area contributed by atoms with E-state index in [-0.39, 0.29) is 24.2 Å². The highest BCUT2D eigenvalue weighted by Gasteiger charge is 2.28. The monoisotopic (exact) mass is 342 g/mol. The maximum Gasteiger partial charge on any atom is 0.227 e. The third-order valence-electron chi connectivity index (χ3n) is 4.21. The Morgan fingerprint density at radius 2 is 2.05 bits per heavy atom. The molecule has 1 atom stereocenters. The maximum atomic E-state index is 12.3. The van der Waals surface area contributed by atoms with E-state index in [0.717, 1.165) is 24.5 Å². The summed E-state index contributed by atoms with van der Waals surface area (Å²) in [5.74, 6) is 1.68. The third-order valence-corrected chi connectivity index (χ3v) is 5.35. The number of nitrogens with one attached hydrogen (secondary N) is 2. The second-order valence-corrected chi connectivity index (χ2v) is 7.71. The Hall–Kier alpha value is -0.710. The predicted octanol–water partition coefficient (Wildman–Crippen LogP) is 3.85. The Balaban J connectivity index is 0.00000242. The molecule has 1 aromatic rings. The van der Waals surface area contributed by atoms with Crippen molar-refractivity contribution < 1.29 is 4.79 Å². The lowest BCUT2D eigenvalue weighted by Crippen LogP contribution is -2.48. The van der Waals surface area contributed by atoms with Crippen molar-refractivity contribution in [2.24, 2.45) is 11.8 Å². The van der Waals surface area contributed by atoms with Gasteiger partial charge in [0.05, 0.1) is 0 Å². The van der Waals surface area contributed by atoms with Crippen LogP contribution in [-0.2, 0) is 10.5 Å². The number of rotatable bonds is 6. The molecule has 1 heterocycles. The van der Waals surface area contributed by atoms with Crippen LogP contribution in [0.15, 0.2) is 18.2 Å². The largest absolute Gasteiger partial charge is 0.326 e. The highest BCUT2D eigenvalue weighted by atomic mass is 35.5. The number of thioether (sulfide) groups is 1. The van der Waals surface area contributed by atoms with Crippen molar-refractivity contribution >= 4 is 35.8 Å². The van der Waals surface area contributed by atoms with Gasteiger partial charge >= 0.3 is 0 Å². The number of amides is 1. The van der Waals surface area contributed by atoms with Gasteiger partial charge in [-0.3, -0.25) is 4.79 Å². The average molecular weight is 343 g/mol. The van der Waals surface area contributed by atoms with Crippen LogP contribution >= 0.6 is 24.2 Å². The molecule has 0 bridgehead atoms. The van der Waals surface area contributed by atoms with Gasteiger partial charge in [0, 0.05) is 17.4 Å². The molecule has 0 spiro atoms. The number of hydrogen-bond acceptors (Lipinski definition) is 3. The highest BCUT2D eigenvalue weighted by Crippen LogP contribution is 2.26. The molecule has 2 N–H and O–H groups in total. The van der Waals surface area contributed by atoms with E-state index in [0.29, 0.717) is 11.2 Å². The minimum atomic E-state index is 0. The zero-order chi connectivity index (χ0) is 15.4. The van der Waals surface area contributed by atoms with E-state index in [1.165, 1.54) is 11.1 Å². The number of anilines is 1. The molecule has 1 amide bonds. The first-order chi connectivity index (χ1) is 9.99. The molecule has 2 rings (SSSR count). The zero-order valence-electron chi connectivity index (χ0n) is 13.8. The van der Waals surface area contributed by atoms with Crippen molar-refractivity contribution in [1.29, 1.82) is 0 Å². The molecule has 1 saturated heterocycles. The summed E-state index contributed by atoms with van der Waals surface area (Å²) in [6.45, 7) is 10.5. The Morgan fingerprint density at radius 3 is 2.59 bits per heavy atom. The zero-order valence-corrected chi connectivity index (χ0v) is 15.4. The summed E-state index contributed by atoms with van der Waals surface area (Å²) in [6.07, 6.45) is 0. The molecular weight excluding hydrogens is 316 g/mol. The summed E-state index contributed by atoms with van der Waals surface area (Å²) in [5, 5.41) is 6.96. The van der Waals surface area contributed by atoms with Gasteiger partial charge in [0.2, 0.25) is 5.91 Å². The fraction of sp³-hybridized carbons (Fsp3) is 0.588. The lowest BCUT2D eigenvalue weighted by molar-refractivity contribution is -0.121. The molecule has 0 radical (unpaired) electrons. The van der Waals surface area contributed by atoms with E-state index < -0.39 is 0 Å². The van der Waals surface area contributed by atoms with Gasteiger partial charge in [0.25, 0.3) is 0 Å². The Morgan fingerprint density at radius 1 is 1.36 bits per heavy atom. The highest BCUT2D eigenvalue weighted by molar-refractivity contribution is 7.99. The first kappa shape index (κ1) is 19.3. The van der Waals surface area contributed by atoms with E-state index in [9.17, 15) is 4.79 Å². The predicted molar refractivity (Wildman–Crippen MR) is 99.0 cm³/mol. The molecule has 1 aromatic carbocycles. The smallest absolute Gasteiger partial charge is 0.227 e. The Kier molecular flexibility index (Phi) is 7.74. The van der Waals surface area contributed by atoms with Gasteiger partial charge in [0.15, 0.2) is 0 Å². The van der Waals surface area contributed by atoms with Crippen LogP contribution in [0.2, 0.25) is 0 Å². The summed E-state index contributed by atoms with van der Waals surface area (Å²) in [5.41, 5.74) is 3.46. The fourth-order valence-corrected chi connectivity index (χ4v) is 3.18. The van der Waals surface area contributed by atoms with Gasteiger partial charge in [0.1, 0.15) is 0 Å². The van der Waals surface area contributed by atoms with Crippen LogP contribution in [-0.4, -0.2) is 24.2 Å². The minimum Gasteiger partial charge on any atom is -0.326 e. The van der Waals surface area contributed by atoms with Gasteiger partial charge in [-0.1, -0.05) is 32.9 Å². The van der Waals surface area contributed by atoms with E-state index in [1.54, 1.807) is 0 Å². The summed E-state index contributed by atoms with van der Waals surface area (Å²) < 4.78 is 0. The first-order valence-electron chi connectivity index (χ1n) is 7.70. The van der Waals surface area contributed by atoms with E-state index >= 15 is 0 Å². The van der Waals surface area contributed by atoms with Gasteiger partial charge in [-0.05, 0) is 48.4 Å². The van der Waals surface area contributed by atoms with Crippen molar-refractivity contribution in [2.75, 3.05) is 18.4 Å². The van der Waals surface area contributed by atoms with E-state index in [2.05, 4.69) is 37.5 Å². The van der Waals surface area contributed by atoms with Gasteiger partial charge in [-0.2, -0.15) is 11.8 Å². The molecular formula is C17H27ClN2OS. The van der Waals surface area contributed by atoms with Crippen molar-refractivity contribution in [2.45, 2.75) is 38.7 Å². The molecule has 22 heavy (non-hydrogen) atoms. The van der Waals surface area contributed by atoms with E-state index in [4.69, 9.17) is 0 Å². The van der Waals surface area contributed by atoms with Crippen molar-refractivity contribution in [3.8, 4) is 0 Å². The fourth-order valence-electron chi connectivity index (χ4n) is 2.36. The van der Waals surface area contributed by atoms with Gasteiger partial charge in [-0.25, -0.2) is 0 Å². The molecule has 1 aliphatic rings. The van der Waals surface area contributed by atoms with Gasteiger partial charge < -0.3 is 10.6 Å². The lowest BCUT2D eigenvalue weighted by Gasteiger charge is -2.31. The SMILES string of the molecule is Cc1c(CSC(C)C)cccc1NC(=O)C(C)C1CNC1.Cl. The van der Waals surface area contributed by atoms with E-state index in [1.807, 2.05) is 30.8 Å². The summed E-state index contributed by atoms with van der Waals surface area (Å²) >= 11 is 1.93. The molecule has 0 aliphatic carbocycles.